The van der Waals surface area contributed by atoms with E-state index < -0.39 is 17.6 Å². The minimum atomic E-state index is -0.651. The normalized spacial score (nSPS) is 13.6. The highest BCUT2D eigenvalue weighted by Gasteiger charge is 2.41. The van der Waals surface area contributed by atoms with Crippen molar-refractivity contribution in [3.8, 4) is 5.75 Å². The second kappa shape index (κ2) is 8.83. The third kappa shape index (κ3) is 3.69. The number of halogens is 1. The number of fused-ring (bicyclic) bond motifs is 1. The number of rotatable bonds is 6. The van der Waals surface area contributed by atoms with E-state index in [2.05, 4.69) is 5.32 Å². The summed E-state index contributed by atoms with van der Waals surface area (Å²) in [7, 11) is 0. The fourth-order valence-corrected chi connectivity index (χ4v) is 4.12. The molecule has 1 N–H and O–H groups in total. The number of hydrogen-bond acceptors (Lipinski definition) is 4. The van der Waals surface area contributed by atoms with Crippen LogP contribution in [0.4, 0.5) is 15.8 Å². The van der Waals surface area contributed by atoms with Gasteiger partial charge in [0.25, 0.3) is 11.8 Å². The Balaban J connectivity index is 1.65. The second-order valence-corrected chi connectivity index (χ2v) is 7.76. The first-order valence-corrected chi connectivity index (χ1v) is 10.9. The van der Waals surface area contributed by atoms with Gasteiger partial charge in [-0.1, -0.05) is 60.7 Å². The monoisotopic (exact) mass is 452 g/mol. The predicted octanol–water partition coefficient (Wildman–Crippen LogP) is 5.77. The van der Waals surface area contributed by atoms with Gasteiger partial charge in [0.15, 0.2) is 0 Å². The Morgan fingerprint density at radius 1 is 0.824 bits per heavy atom. The average Bonchev–Trinajstić information content (AvgIpc) is 3.09. The van der Waals surface area contributed by atoms with E-state index in [1.165, 1.54) is 18.2 Å². The number of nitrogens with zero attached hydrogens (tertiary/aromatic N) is 1. The highest BCUT2D eigenvalue weighted by atomic mass is 19.1. The number of imide groups is 1. The summed E-state index contributed by atoms with van der Waals surface area (Å²) in [5.41, 5.74) is 1.38. The molecule has 0 saturated carbocycles. The van der Waals surface area contributed by atoms with Crippen molar-refractivity contribution in [2.24, 2.45) is 0 Å². The third-order valence-electron chi connectivity index (χ3n) is 5.68. The van der Waals surface area contributed by atoms with Crippen molar-refractivity contribution in [3.05, 3.63) is 108 Å². The predicted molar refractivity (Wildman–Crippen MR) is 131 cm³/mol. The van der Waals surface area contributed by atoms with Crippen LogP contribution >= 0.6 is 0 Å². The van der Waals surface area contributed by atoms with Gasteiger partial charge in [-0.3, -0.25) is 9.59 Å². The van der Waals surface area contributed by atoms with Crippen LogP contribution in [0.15, 0.2) is 96.7 Å². The number of anilines is 2. The highest BCUT2D eigenvalue weighted by molar-refractivity contribution is 6.46. The lowest BCUT2D eigenvalue weighted by atomic mass is 10.0. The van der Waals surface area contributed by atoms with Gasteiger partial charge in [0.2, 0.25) is 0 Å². The summed E-state index contributed by atoms with van der Waals surface area (Å²) < 4.78 is 20.1. The maximum absolute atomic E-state index is 14.6. The topological polar surface area (TPSA) is 58.6 Å². The first kappa shape index (κ1) is 21.4. The number of hydrogen-bond donors (Lipinski definition) is 1. The molecular formula is C28H21FN2O3. The molecule has 5 nitrogen and oxygen atoms in total. The largest absolute Gasteiger partial charge is 0.494 e. The van der Waals surface area contributed by atoms with E-state index in [0.717, 1.165) is 15.7 Å². The van der Waals surface area contributed by atoms with Crippen LogP contribution < -0.4 is 15.0 Å². The summed E-state index contributed by atoms with van der Waals surface area (Å²) in [6.07, 6.45) is 0. The zero-order valence-electron chi connectivity index (χ0n) is 18.4. The molecule has 0 unspecified atom stereocenters. The molecule has 34 heavy (non-hydrogen) atoms. The van der Waals surface area contributed by atoms with Gasteiger partial charge in [-0.15, -0.1) is 0 Å². The van der Waals surface area contributed by atoms with Crippen molar-refractivity contribution in [2.45, 2.75) is 6.92 Å². The van der Waals surface area contributed by atoms with Crippen molar-refractivity contribution in [1.82, 2.24) is 0 Å². The van der Waals surface area contributed by atoms with Gasteiger partial charge in [0, 0.05) is 11.1 Å². The van der Waals surface area contributed by atoms with Crippen LogP contribution in [0.5, 0.6) is 5.75 Å². The molecule has 0 radical (unpaired) electrons. The molecule has 0 aromatic heterocycles. The van der Waals surface area contributed by atoms with Crippen molar-refractivity contribution < 1.29 is 18.7 Å². The van der Waals surface area contributed by atoms with E-state index in [9.17, 15) is 14.0 Å². The Labute approximate surface area is 196 Å². The van der Waals surface area contributed by atoms with Crippen molar-refractivity contribution >= 4 is 39.5 Å². The number of carbonyl (C=O) groups is 2. The van der Waals surface area contributed by atoms with Gasteiger partial charge in [-0.25, -0.2) is 9.29 Å². The standard InChI is InChI=1S/C28H21FN2O3/c1-2-34-20-16-14-19(15-17-20)25-26(30-23-12-7-9-18-8-3-4-10-21(18)23)28(33)31(27(25)32)24-13-6-5-11-22(24)29/h3-17,30H,2H2,1H3. The smallest absolute Gasteiger partial charge is 0.282 e. The zero-order valence-corrected chi connectivity index (χ0v) is 18.4. The molecule has 0 spiro atoms. The van der Waals surface area contributed by atoms with E-state index in [0.29, 0.717) is 23.6 Å². The summed E-state index contributed by atoms with van der Waals surface area (Å²) in [5, 5.41) is 5.07. The molecule has 0 aliphatic carbocycles. The molecule has 1 heterocycles. The number of carbonyl (C=O) groups excluding carboxylic acids is 2. The Morgan fingerprint density at radius 2 is 1.53 bits per heavy atom. The van der Waals surface area contributed by atoms with E-state index in [-0.39, 0.29) is 17.0 Å². The summed E-state index contributed by atoms with van der Waals surface area (Å²) in [6.45, 7) is 2.39. The Morgan fingerprint density at radius 3 is 2.29 bits per heavy atom. The minimum absolute atomic E-state index is 0.0874. The molecule has 168 valence electrons. The highest BCUT2D eigenvalue weighted by Crippen LogP contribution is 2.36. The Hall–Kier alpha value is -4.45. The maximum Gasteiger partial charge on any atom is 0.282 e. The van der Waals surface area contributed by atoms with Gasteiger partial charge >= 0.3 is 0 Å². The van der Waals surface area contributed by atoms with Crippen LogP contribution in [-0.4, -0.2) is 18.4 Å². The molecule has 0 fully saturated rings. The molecule has 2 amide bonds. The van der Waals surface area contributed by atoms with Crippen LogP contribution in [-0.2, 0) is 9.59 Å². The number of amides is 2. The molecule has 1 aliphatic heterocycles. The van der Waals surface area contributed by atoms with Crippen molar-refractivity contribution in [1.29, 1.82) is 0 Å². The molecular weight excluding hydrogens is 431 g/mol. The van der Waals surface area contributed by atoms with Gasteiger partial charge in [0.1, 0.15) is 17.3 Å². The van der Waals surface area contributed by atoms with Crippen LogP contribution in [0, 0.1) is 5.82 Å². The fourth-order valence-electron chi connectivity index (χ4n) is 4.12. The number of para-hydroxylation sites is 1. The van der Waals surface area contributed by atoms with Crippen molar-refractivity contribution in [2.75, 3.05) is 16.8 Å². The van der Waals surface area contributed by atoms with Crippen LogP contribution in [0.25, 0.3) is 16.3 Å². The lowest BCUT2D eigenvalue weighted by Gasteiger charge is -2.16. The summed E-state index contributed by atoms with van der Waals surface area (Å²) in [6, 6.07) is 26.1. The maximum atomic E-state index is 14.6. The molecule has 5 rings (SSSR count). The third-order valence-corrected chi connectivity index (χ3v) is 5.68. The summed E-state index contributed by atoms with van der Waals surface area (Å²) in [4.78, 5) is 28.0. The molecule has 0 bridgehead atoms. The minimum Gasteiger partial charge on any atom is -0.494 e. The van der Waals surface area contributed by atoms with E-state index in [1.54, 1.807) is 30.3 Å². The average molecular weight is 452 g/mol. The van der Waals surface area contributed by atoms with E-state index in [1.807, 2.05) is 49.4 Å². The van der Waals surface area contributed by atoms with Gasteiger partial charge in [0.05, 0.1) is 17.9 Å². The molecule has 6 heteroatoms. The lowest BCUT2D eigenvalue weighted by molar-refractivity contribution is -0.120. The Kier molecular flexibility index (Phi) is 5.55. The molecule has 4 aromatic rings. The number of benzene rings is 4. The van der Waals surface area contributed by atoms with Gasteiger partial charge < -0.3 is 10.1 Å². The first-order valence-electron chi connectivity index (χ1n) is 10.9. The quantitative estimate of drug-likeness (QED) is 0.377. The zero-order chi connectivity index (χ0) is 23.7. The lowest BCUT2D eigenvalue weighted by Crippen LogP contribution is -2.33. The summed E-state index contributed by atoms with van der Waals surface area (Å²) in [5.74, 6) is -1.21. The number of ether oxygens (including phenoxy) is 1. The summed E-state index contributed by atoms with van der Waals surface area (Å²) >= 11 is 0. The van der Waals surface area contributed by atoms with E-state index in [4.69, 9.17) is 4.74 Å². The second-order valence-electron chi connectivity index (χ2n) is 7.76. The fraction of sp³-hybridized carbons (Fsp3) is 0.0714. The van der Waals surface area contributed by atoms with E-state index >= 15 is 0 Å². The molecule has 0 atom stereocenters. The van der Waals surface area contributed by atoms with Crippen molar-refractivity contribution in [3.63, 3.8) is 0 Å². The van der Waals surface area contributed by atoms with Gasteiger partial charge in [-0.05, 0) is 48.2 Å². The SMILES string of the molecule is CCOc1ccc(C2=C(Nc3cccc4ccccc34)C(=O)N(c3ccccc3F)C2=O)cc1. The van der Waals surface area contributed by atoms with Crippen LogP contribution in [0.2, 0.25) is 0 Å². The van der Waals surface area contributed by atoms with Crippen LogP contribution in [0.3, 0.4) is 0 Å². The molecule has 4 aromatic carbocycles. The molecule has 1 aliphatic rings. The first-order chi connectivity index (χ1) is 16.6. The van der Waals surface area contributed by atoms with Crippen LogP contribution in [0.1, 0.15) is 12.5 Å². The number of nitrogens with one attached hydrogen (secondary N) is 1. The molecule has 0 saturated heterocycles. The van der Waals surface area contributed by atoms with Gasteiger partial charge in [-0.2, -0.15) is 0 Å². The Bertz CT molecular complexity index is 1440.